The molecule has 4 nitrogen and oxygen atoms in total. The first-order valence-electron chi connectivity index (χ1n) is 6.63. The Morgan fingerprint density at radius 3 is 2.63 bits per heavy atom. The van der Waals surface area contributed by atoms with E-state index in [1.54, 1.807) is 20.1 Å². The summed E-state index contributed by atoms with van der Waals surface area (Å²) in [6, 6.07) is 5.48. The molecule has 0 saturated heterocycles. The van der Waals surface area contributed by atoms with Crippen LogP contribution in [0.4, 0.5) is 0 Å². The van der Waals surface area contributed by atoms with Crippen LogP contribution in [0.1, 0.15) is 36.2 Å². The van der Waals surface area contributed by atoms with E-state index < -0.39 is 0 Å². The maximum absolute atomic E-state index is 11.4. The molecule has 0 amide bonds. The Morgan fingerprint density at radius 2 is 2.11 bits per heavy atom. The first-order valence-corrected chi connectivity index (χ1v) is 6.63. The molecule has 1 rings (SSSR count). The number of ether oxygens (including phenoxy) is 1. The Hall–Kier alpha value is -1.39. The van der Waals surface area contributed by atoms with Crippen LogP contribution in [0, 0.1) is 0 Å². The number of aliphatic hydroxyl groups is 1. The first kappa shape index (κ1) is 15.7. The molecule has 0 radical (unpaired) electrons. The summed E-state index contributed by atoms with van der Waals surface area (Å²) in [4.78, 5) is 13.6. The lowest BCUT2D eigenvalue weighted by Crippen LogP contribution is -2.27. The van der Waals surface area contributed by atoms with Crippen LogP contribution >= 0.6 is 0 Å². The van der Waals surface area contributed by atoms with Crippen molar-refractivity contribution in [1.82, 2.24) is 4.90 Å². The monoisotopic (exact) mass is 265 g/mol. The second kappa shape index (κ2) is 7.92. The Kier molecular flexibility index (Phi) is 6.53. The SMILES string of the molecule is CCCN(CCO)Cc1cc(C(C)=O)ccc1OC. The highest BCUT2D eigenvalue weighted by atomic mass is 16.5. The third kappa shape index (κ3) is 4.65. The molecular weight excluding hydrogens is 242 g/mol. The third-order valence-corrected chi connectivity index (χ3v) is 3.04. The first-order chi connectivity index (χ1) is 9.12. The number of carbonyl (C=O) groups is 1. The van der Waals surface area contributed by atoms with Gasteiger partial charge in [0, 0.05) is 24.2 Å². The van der Waals surface area contributed by atoms with Crippen molar-refractivity contribution in [1.29, 1.82) is 0 Å². The molecule has 0 spiro atoms. The van der Waals surface area contributed by atoms with Gasteiger partial charge in [-0.2, -0.15) is 0 Å². The molecule has 0 aliphatic rings. The summed E-state index contributed by atoms with van der Waals surface area (Å²) >= 11 is 0. The normalized spacial score (nSPS) is 10.8. The van der Waals surface area contributed by atoms with E-state index in [1.807, 2.05) is 12.1 Å². The van der Waals surface area contributed by atoms with Gasteiger partial charge >= 0.3 is 0 Å². The summed E-state index contributed by atoms with van der Waals surface area (Å²) in [6.07, 6.45) is 1.02. The fourth-order valence-corrected chi connectivity index (χ4v) is 2.09. The number of carbonyl (C=O) groups excluding carboxylic acids is 1. The zero-order valence-corrected chi connectivity index (χ0v) is 12.0. The molecule has 0 unspecified atom stereocenters. The Balaban J connectivity index is 2.94. The number of ketones is 1. The molecule has 1 N–H and O–H groups in total. The van der Waals surface area contributed by atoms with E-state index in [0.29, 0.717) is 18.7 Å². The molecule has 4 heteroatoms. The highest BCUT2D eigenvalue weighted by Gasteiger charge is 2.11. The van der Waals surface area contributed by atoms with Crippen molar-refractivity contribution in [2.75, 3.05) is 26.8 Å². The summed E-state index contributed by atoms with van der Waals surface area (Å²) in [6.45, 7) is 6.01. The summed E-state index contributed by atoms with van der Waals surface area (Å²) in [5.74, 6) is 0.831. The Labute approximate surface area is 115 Å². The number of methoxy groups -OCH3 is 1. The van der Waals surface area contributed by atoms with E-state index in [0.717, 1.165) is 24.3 Å². The van der Waals surface area contributed by atoms with Gasteiger partial charge in [0.15, 0.2) is 5.78 Å². The van der Waals surface area contributed by atoms with Crippen LogP contribution in [0.15, 0.2) is 18.2 Å². The molecular formula is C15H23NO3. The van der Waals surface area contributed by atoms with Crippen LogP contribution in [-0.4, -0.2) is 42.6 Å². The number of hydrogen-bond donors (Lipinski definition) is 1. The number of rotatable bonds is 8. The average molecular weight is 265 g/mol. The topological polar surface area (TPSA) is 49.8 Å². The van der Waals surface area contributed by atoms with E-state index in [9.17, 15) is 4.79 Å². The zero-order chi connectivity index (χ0) is 14.3. The van der Waals surface area contributed by atoms with E-state index in [1.165, 1.54) is 0 Å². The van der Waals surface area contributed by atoms with Gasteiger partial charge in [-0.25, -0.2) is 0 Å². The lowest BCUT2D eigenvalue weighted by Gasteiger charge is -2.22. The van der Waals surface area contributed by atoms with Crippen molar-refractivity contribution in [2.24, 2.45) is 0 Å². The van der Waals surface area contributed by atoms with Gasteiger partial charge in [0.25, 0.3) is 0 Å². The average Bonchev–Trinajstić information content (AvgIpc) is 2.39. The van der Waals surface area contributed by atoms with Gasteiger partial charge in [-0.3, -0.25) is 9.69 Å². The van der Waals surface area contributed by atoms with Gasteiger partial charge in [-0.05, 0) is 38.1 Å². The van der Waals surface area contributed by atoms with E-state index in [4.69, 9.17) is 9.84 Å². The maximum atomic E-state index is 11.4. The van der Waals surface area contributed by atoms with Gasteiger partial charge in [0.1, 0.15) is 5.75 Å². The van der Waals surface area contributed by atoms with E-state index >= 15 is 0 Å². The van der Waals surface area contributed by atoms with Gasteiger partial charge in [-0.1, -0.05) is 6.92 Å². The molecule has 0 bridgehead atoms. The number of hydrogen-bond acceptors (Lipinski definition) is 4. The minimum absolute atomic E-state index is 0.0492. The van der Waals surface area contributed by atoms with Crippen molar-refractivity contribution in [3.8, 4) is 5.75 Å². The second-order valence-corrected chi connectivity index (χ2v) is 4.58. The molecule has 0 saturated carbocycles. The largest absolute Gasteiger partial charge is 0.496 e. The third-order valence-electron chi connectivity index (χ3n) is 3.04. The molecule has 1 aromatic carbocycles. The predicted octanol–water partition coefficient (Wildman–Crippen LogP) is 2.10. The van der Waals surface area contributed by atoms with Gasteiger partial charge in [0.2, 0.25) is 0 Å². The van der Waals surface area contributed by atoms with Crippen LogP contribution in [0.2, 0.25) is 0 Å². The fraction of sp³-hybridized carbons (Fsp3) is 0.533. The zero-order valence-electron chi connectivity index (χ0n) is 12.0. The highest BCUT2D eigenvalue weighted by molar-refractivity contribution is 5.94. The number of Topliss-reactive ketones (excluding diaryl/α,β-unsaturated/α-hetero) is 1. The molecule has 0 aliphatic heterocycles. The molecule has 0 fully saturated rings. The number of nitrogens with zero attached hydrogens (tertiary/aromatic N) is 1. The summed E-state index contributed by atoms with van der Waals surface area (Å²) in [7, 11) is 1.63. The van der Waals surface area contributed by atoms with Gasteiger partial charge in [0.05, 0.1) is 13.7 Å². The highest BCUT2D eigenvalue weighted by Crippen LogP contribution is 2.22. The predicted molar refractivity (Wildman–Crippen MR) is 75.7 cm³/mol. The van der Waals surface area contributed by atoms with Crippen LogP contribution in [0.3, 0.4) is 0 Å². The van der Waals surface area contributed by atoms with E-state index in [-0.39, 0.29) is 12.4 Å². The molecule has 0 aromatic heterocycles. The number of aliphatic hydroxyl groups excluding tert-OH is 1. The molecule has 0 aliphatic carbocycles. The molecule has 106 valence electrons. The van der Waals surface area contributed by atoms with Crippen LogP contribution < -0.4 is 4.74 Å². The summed E-state index contributed by atoms with van der Waals surface area (Å²) in [5, 5.41) is 9.08. The second-order valence-electron chi connectivity index (χ2n) is 4.58. The van der Waals surface area contributed by atoms with Gasteiger partial charge in [-0.15, -0.1) is 0 Å². The van der Waals surface area contributed by atoms with E-state index in [2.05, 4.69) is 11.8 Å². The molecule has 0 heterocycles. The van der Waals surface area contributed by atoms with Crippen LogP contribution in [-0.2, 0) is 6.54 Å². The molecule has 19 heavy (non-hydrogen) atoms. The lowest BCUT2D eigenvalue weighted by atomic mass is 10.1. The quantitative estimate of drug-likeness (QED) is 0.731. The Bertz CT molecular complexity index is 412. The smallest absolute Gasteiger partial charge is 0.159 e. The Morgan fingerprint density at radius 1 is 1.37 bits per heavy atom. The lowest BCUT2D eigenvalue weighted by molar-refractivity contribution is 0.101. The van der Waals surface area contributed by atoms with Crippen molar-refractivity contribution in [2.45, 2.75) is 26.8 Å². The molecule has 0 atom stereocenters. The van der Waals surface area contributed by atoms with Crippen molar-refractivity contribution in [3.63, 3.8) is 0 Å². The summed E-state index contributed by atoms with van der Waals surface area (Å²) in [5.41, 5.74) is 1.67. The fourth-order valence-electron chi connectivity index (χ4n) is 2.09. The number of benzene rings is 1. The van der Waals surface area contributed by atoms with Crippen LogP contribution in [0.5, 0.6) is 5.75 Å². The molecule has 1 aromatic rings. The van der Waals surface area contributed by atoms with Crippen molar-refractivity contribution >= 4 is 5.78 Å². The summed E-state index contributed by atoms with van der Waals surface area (Å²) < 4.78 is 5.34. The van der Waals surface area contributed by atoms with Gasteiger partial charge < -0.3 is 9.84 Å². The van der Waals surface area contributed by atoms with Crippen molar-refractivity contribution in [3.05, 3.63) is 29.3 Å². The van der Waals surface area contributed by atoms with Crippen molar-refractivity contribution < 1.29 is 14.6 Å². The minimum Gasteiger partial charge on any atom is -0.496 e. The van der Waals surface area contributed by atoms with Crippen LogP contribution in [0.25, 0.3) is 0 Å². The standard InChI is InChI=1S/C15H23NO3/c1-4-7-16(8-9-17)11-14-10-13(12(2)18)5-6-15(14)19-3/h5-6,10,17H,4,7-9,11H2,1-3H3. The minimum atomic E-state index is 0.0492. The maximum Gasteiger partial charge on any atom is 0.159 e.